The van der Waals surface area contributed by atoms with Crippen molar-refractivity contribution in [2.45, 2.75) is 76.5 Å². The Labute approximate surface area is 254 Å². The third-order valence-electron chi connectivity index (χ3n) is 7.46. The first kappa shape index (κ1) is 32.7. The van der Waals surface area contributed by atoms with Crippen molar-refractivity contribution in [2.75, 3.05) is 26.4 Å². The maximum absolute atomic E-state index is 13.9. The summed E-state index contributed by atoms with van der Waals surface area (Å²) >= 11 is 0. The van der Waals surface area contributed by atoms with E-state index in [1.165, 1.54) is 21.4 Å². The summed E-state index contributed by atoms with van der Waals surface area (Å²) < 4.78 is 39.9. The SMILES string of the molecule is CC(C)CC(=O)N(NC(=O)C1CCCN1)[C@@H](Cc1ccccc1)[C@H](O)CN(CC(C)C)S(=O)(=O)c1ccc2c(c1)OCO2. The molecule has 0 aliphatic carbocycles. The van der Waals surface area contributed by atoms with Gasteiger partial charge in [0, 0.05) is 25.6 Å². The van der Waals surface area contributed by atoms with Gasteiger partial charge >= 0.3 is 0 Å². The highest BCUT2D eigenvalue weighted by Gasteiger charge is 2.37. The molecule has 2 aromatic carbocycles. The number of hydrogen-bond donors (Lipinski definition) is 3. The molecule has 2 aliphatic heterocycles. The summed E-state index contributed by atoms with van der Waals surface area (Å²) in [5.74, 6) is 0.0263. The summed E-state index contributed by atoms with van der Waals surface area (Å²) in [6, 6.07) is 12.4. The molecule has 12 heteroatoms. The van der Waals surface area contributed by atoms with Crippen LogP contribution >= 0.6 is 0 Å². The number of ether oxygens (including phenoxy) is 2. The Kier molecular flexibility index (Phi) is 11.0. The van der Waals surface area contributed by atoms with E-state index in [9.17, 15) is 23.1 Å². The minimum Gasteiger partial charge on any atom is -0.454 e. The monoisotopic (exact) mass is 616 g/mol. The molecule has 11 nitrogen and oxygen atoms in total. The molecular formula is C31H44N4O7S. The third-order valence-corrected chi connectivity index (χ3v) is 9.29. The number of fused-ring (bicyclic) bond motifs is 1. The lowest BCUT2D eigenvalue weighted by molar-refractivity contribution is -0.149. The number of nitrogens with zero attached hydrogens (tertiary/aromatic N) is 2. The third kappa shape index (κ3) is 8.47. The number of hydrazine groups is 1. The second-order valence-corrected chi connectivity index (χ2v) is 14.0. The molecule has 43 heavy (non-hydrogen) atoms. The molecule has 1 fully saturated rings. The van der Waals surface area contributed by atoms with Crippen LogP contribution in [-0.4, -0.2) is 79.3 Å². The number of carbonyl (C=O) groups excluding carboxylic acids is 2. The van der Waals surface area contributed by atoms with Crippen LogP contribution in [0.5, 0.6) is 11.5 Å². The number of sulfonamides is 1. The van der Waals surface area contributed by atoms with Gasteiger partial charge in [0.2, 0.25) is 22.7 Å². The first-order chi connectivity index (χ1) is 20.5. The van der Waals surface area contributed by atoms with Crippen LogP contribution in [0, 0.1) is 11.8 Å². The Balaban J connectivity index is 1.68. The van der Waals surface area contributed by atoms with Crippen LogP contribution in [0.25, 0.3) is 0 Å². The highest BCUT2D eigenvalue weighted by atomic mass is 32.2. The van der Waals surface area contributed by atoms with Crippen molar-refractivity contribution in [1.82, 2.24) is 20.1 Å². The van der Waals surface area contributed by atoms with Crippen molar-refractivity contribution in [3.05, 3.63) is 54.1 Å². The average molecular weight is 617 g/mol. The molecule has 0 spiro atoms. The van der Waals surface area contributed by atoms with Crippen LogP contribution < -0.4 is 20.2 Å². The summed E-state index contributed by atoms with van der Waals surface area (Å²) in [4.78, 5) is 26.9. The van der Waals surface area contributed by atoms with Gasteiger partial charge in [-0.1, -0.05) is 58.0 Å². The Bertz CT molecular complexity index is 1350. The van der Waals surface area contributed by atoms with Gasteiger partial charge in [0.25, 0.3) is 5.91 Å². The van der Waals surface area contributed by atoms with Crippen molar-refractivity contribution >= 4 is 21.8 Å². The molecule has 1 saturated heterocycles. The van der Waals surface area contributed by atoms with E-state index in [0.29, 0.717) is 24.5 Å². The number of hydrogen-bond acceptors (Lipinski definition) is 8. The van der Waals surface area contributed by atoms with Gasteiger partial charge in [-0.05, 0) is 55.3 Å². The number of rotatable bonds is 13. The second-order valence-electron chi connectivity index (χ2n) is 12.0. The van der Waals surface area contributed by atoms with E-state index in [-0.39, 0.29) is 61.3 Å². The fourth-order valence-corrected chi connectivity index (χ4v) is 6.97. The highest BCUT2D eigenvalue weighted by molar-refractivity contribution is 7.89. The number of carbonyl (C=O) groups is 2. The molecule has 3 atom stereocenters. The number of aliphatic hydroxyl groups is 1. The van der Waals surface area contributed by atoms with Crippen LogP contribution in [-0.2, 0) is 26.0 Å². The van der Waals surface area contributed by atoms with Gasteiger partial charge < -0.3 is 19.9 Å². The van der Waals surface area contributed by atoms with Crippen LogP contribution in [0.4, 0.5) is 0 Å². The van der Waals surface area contributed by atoms with E-state index in [1.807, 2.05) is 58.0 Å². The number of amides is 2. The molecule has 0 saturated carbocycles. The van der Waals surface area contributed by atoms with Crippen molar-refractivity contribution in [1.29, 1.82) is 0 Å². The van der Waals surface area contributed by atoms with E-state index in [1.54, 1.807) is 6.07 Å². The molecular weight excluding hydrogens is 572 g/mol. The minimum absolute atomic E-state index is 0.00477. The van der Waals surface area contributed by atoms with Gasteiger partial charge in [0.15, 0.2) is 11.5 Å². The Hall–Kier alpha value is -3.19. The standard InChI is InChI=1S/C31H44N4O7S/c1-21(2)15-30(37)35(33-31(38)25-11-8-14-32-25)26(16-23-9-6-5-7-10-23)27(36)19-34(18-22(3)4)43(39,40)24-12-13-28-29(17-24)42-20-41-28/h5-7,9-10,12-13,17,21-22,25-27,32,36H,8,11,14-16,18-20H2,1-4H3,(H,33,38)/t25?,26-,27+/m0/s1. The smallest absolute Gasteiger partial charge is 0.255 e. The lowest BCUT2D eigenvalue weighted by Gasteiger charge is -2.38. The molecule has 236 valence electrons. The molecule has 0 radical (unpaired) electrons. The topological polar surface area (TPSA) is 138 Å². The molecule has 1 unspecified atom stereocenters. The maximum Gasteiger partial charge on any atom is 0.255 e. The van der Waals surface area contributed by atoms with Crippen molar-refractivity contribution in [3.63, 3.8) is 0 Å². The van der Waals surface area contributed by atoms with E-state index < -0.39 is 28.2 Å². The van der Waals surface area contributed by atoms with Gasteiger partial charge in [-0.3, -0.25) is 15.0 Å². The van der Waals surface area contributed by atoms with Crippen LogP contribution in [0.3, 0.4) is 0 Å². The van der Waals surface area contributed by atoms with Gasteiger partial charge in [0.1, 0.15) is 0 Å². The molecule has 2 heterocycles. The fraction of sp³-hybridized carbons (Fsp3) is 0.548. The molecule has 2 aliphatic rings. The van der Waals surface area contributed by atoms with Crippen molar-refractivity contribution in [3.8, 4) is 11.5 Å². The lowest BCUT2D eigenvalue weighted by Crippen LogP contribution is -2.61. The zero-order valence-corrected chi connectivity index (χ0v) is 26.2. The van der Waals surface area contributed by atoms with E-state index in [0.717, 1.165) is 12.0 Å². The summed E-state index contributed by atoms with van der Waals surface area (Å²) in [6.07, 6.45) is 0.483. The minimum atomic E-state index is -4.08. The predicted octanol–water partition coefficient (Wildman–Crippen LogP) is 2.69. The normalized spacial score (nSPS) is 17.8. The van der Waals surface area contributed by atoms with Gasteiger partial charge in [0.05, 0.1) is 23.1 Å². The van der Waals surface area contributed by atoms with E-state index in [2.05, 4.69) is 10.7 Å². The zero-order chi connectivity index (χ0) is 31.1. The summed E-state index contributed by atoms with van der Waals surface area (Å²) in [5.41, 5.74) is 3.63. The molecule has 2 amide bonds. The zero-order valence-electron chi connectivity index (χ0n) is 25.4. The molecule has 2 aromatic rings. The highest BCUT2D eigenvalue weighted by Crippen LogP contribution is 2.35. The van der Waals surface area contributed by atoms with Crippen molar-refractivity contribution in [2.24, 2.45) is 11.8 Å². The molecule has 0 bridgehead atoms. The Morgan fingerprint density at radius 2 is 1.74 bits per heavy atom. The lowest BCUT2D eigenvalue weighted by atomic mass is 9.99. The van der Waals surface area contributed by atoms with Gasteiger partial charge in [-0.25, -0.2) is 13.4 Å². The van der Waals surface area contributed by atoms with Crippen LogP contribution in [0.1, 0.15) is 52.5 Å². The van der Waals surface area contributed by atoms with E-state index >= 15 is 0 Å². The Morgan fingerprint density at radius 1 is 1.02 bits per heavy atom. The summed E-state index contributed by atoms with van der Waals surface area (Å²) in [5, 5.41) is 16.2. The number of nitrogens with one attached hydrogen (secondary N) is 2. The van der Waals surface area contributed by atoms with Gasteiger partial charge in [-0.15, -0.1) is 0 Å². The first-order valence-corrected chi connectivity index (χ1v) is 16.4. The van der Waals surface area contributed by atoms with Crippen molar-refractivity contribution < 1.29 is 32.6 Å². The number of benzene rings is 2. The van der Waals surface area contributed by atoms with E-state index in [4.69, 9.17) is 9.47 Å². The Morgan fingerprint density at radius 3 is 2.40 bits per heavy atom. The summed E-state index contributed by atoms with van der Waals surface area (Å²) in [6.45, 7) is 8.14. The second kappa shape index (κ2) is 14.5. The maximum atomic E-state index is 13.9. The quantitative estimate of drug-likeness (QED) is 0.292. The molecule has 4 rings (SSSR count). The van der Waals surface area contributed by atoms with Gasteiger partial charge in [-0.2, -0.15) is 4.31 Å². The van der Waals surface area contributed by atoms with Crippen LogP contribution in [0.2, 0.25) is 0 Å². The number of aliphatic hydroxyl groups excluding tert-OH is 1. The first-order valence-electron chi connectivity index (χ1n) is 14.9. The van der Waals surface area contributed by atoms with Crippen LogP contribution in [0.15, 0.2) is 53.4 Å². The largest absolute Gasteiger partial charge is 0.454 e. The fourth-order valence-electron chi connectivity index (χ4n) is 5.33. The average Bonchev–Trinajstić information content (AvgIpc) is 3.66. The predicted molar refractivity (Wildman–Crippen MR) is 162 cm³/mol. The molecule has 3 N–H and O–H groups in total. The molecule has 0 aromatic heterocycles. The summed E-state index contributed by atoms with van der Waals surface area (Å²) in [7, 11) is -4.08.